The number of rotatable bonds is 16. The second kappa shape index (κ2) is 20.3. The van der Waals surface area contributed by atoms with Crippen molar-refractivity contribution >= 4 is 59.9 Å². The summed E-state index contributed by atoms with van der Waals surface area (Å²) in [5.74, 6) is 0.769. The summed E-state index contributed by atoms with van der Waals surface area (Å²) < 4.78 is 32.6. The van der Waals surface area contributed by atoms with E-state index in [0.29, 0.717) is 47.6 Å². The molecule has 2 saturated heterocycles. The molecule has 0 saturated carbocycles. The van der Waals surface area contributed by atoms with Crippen LogP contribution in [0.5, 0.6) is 11.5 Å². The zero-order chi connectivity index (χ0) is 45.7. The van der Waals surface area contributed by atoms with Crippen LogP contribution in [0, 0.1) is 21.4 Å². The number of benzene rings is 3. The fraction of sp³-hybridized carbons (Fsp3) is 0.391. The Bertz CT molecular complexity index is 2550. The lowest BCUT2D eigenvalue weighted by atomic mass is 9.72. The molecule has 0 radical (unpaired) electrons. The molecule has 0 bridgehead atoms. The molecule has 4 aliphatic heterocycles. The number of amides is 1. The van der Waals surface area contributed by atoms with Crippen LogP contribution in [-0.4, -0.2) is 87.6 Å². The molecule has 3 aromatic rings. The molecule has 1 amide bonds. The van der Waals surface area contributed by atoms with Gasteiger partial charge in [0.05, 0.1) is 16.7 Å². The van der Waals surface area contributed by atoms with Gasteiger partial charge < -0.3 is 34.0 Å². The number of nitrogens with zero attached hydrogens (tertiary/aromatic N) is 5. The van der Waals surface area contributed by atoms with Crippen molar-refractivity contribution in [1.82, 2.24) is 19.2 Å². The summed E-state index contributed by atoms with van der Waals surface area (Å²) >= 11 is 7.21. The van der Waals surface area contributed by atoms with Crippen LogP contribution in [0.3, 0.4) is 0 Å². The largest absolute Gasteiger partial charge is 0.471 e. The lowest BCUT2D eigenvalue weighted by Crippen LogP contribution is -2.47. The number of nitrogens with one attached hydrogen (secondary N) is 2. The number of anilines is 2. The molecule has 0 unspecified atom stereocenters. The molecule has 5 aliphatic rings. The van der Waals surface area contributed by atoms with E-state index in [1.807, 2.05) is 24.3 Å². The smallest absolute Gasteiger partial charge is 0.455 e. The molecule has 4 N–H and O–H groups in total. The summed E-state index contributed by atoms with van der Waals surface area (Å²) in [6.45, 7) is 10.1. The monoisotopic (exact) mass is 945 g/mol. The Hall–Kier alpha value is -4.97. The minimum atomic E-state index is -4.82. The van der Waals surface area contributed by atoms with Gasteiger partial charge in [0, 0.05) is 92.0 Å². The Labute approximate surface area is 387 Å². The quantitative estimate of drug-likeness (QED) is 0.0316. The topological polar surface area (TPSA) is 194 Å². The number of pyridine rings is 1. The molecule has 16 nitrogen and oxygen atoms in total. The van der Waals surface area contributed by atoms with Crippen molar-refractivity contribution in [1.29, 1.82) is 0 Å². The average molecular weight is 946 g/mol. The Balaban J connectivity index is 1.01. The van der Waals surface area contributed by atoms with E-state index in [4.69, 9.17) is 25.6 Å². The molecule has 0 aromatic heterocycles. The summed E-state index contributed by atoms with van der Waals surface area (Å²) in [4.78, 5) is 54.1. The van der Waals surface area contributed by atoms with E-state index in [2.05, 4.69) is 50.8 Å². The van der Waals surface area contributed by atoms with Crippen molar-refractivity contribution in [2.24, 2.45) is 11.3 Å². The van der Waals surface area contributed by atoms with Crippen LogP contribution < -0.4 is 19.7 Å². The number of nitro benzene ring substituents is 1. The predicted molar refractivity (Wildman–Crippen MR) is 252 cm³/mol. The van der Waals surface area contributed by atoms with E-state index >= 15 is 0 Å². The molecule has 4 heterocycles. The Morgan fingerprint density at radius 3 is 2.54 bits per heavy atom. The van der Waals surface area contributed by atoms with Crippen molar-refractivity contribution in [3.8, 4) is 22.9 Å². The number of aromatic nitrogens is 2. The van der Waals surface area contributed by atoms with E-state index < -0.39 is 25.4 Å². The average Bonchev–Trinajstić information content (AvgIpc) is 3.77. The molecule has 65 heavy (non-hydrogen) atoms. The molecule has 1 aliphatic carbocycles. The third-order valence-corrected chi connectivity index (χ3v) is 13.7. The van der Waals surface area contributed by atoms with Crippen LogP contribution in [0.1, 0.15) is 61.9 Å². The molecule has 19 heteroatoms. The maximum Gasteiger partial charge on any atom is 0.471 e. The van der Waals surface area contributed by atoms with Crippen LogP contribution in [0.4, 0.5) is 17.1 Å². The van der Waals surface area contributed by atoms with Gasteiger partial charge in [-0.2, -0.15) is 0 Å². The summed E-state index contributed by atoms with van der Waals surface area (Å²) in [6.07, 6.45) is 8.02. The molecular weight excluding hydrogens is 893 g/mol. The number of halogens is 1. The Morgan fingerprint density at radius 2 is 1.80 bits per heavy atom. The summed E-state index contributed by atoms with van der Waals surface area (Å²) in [6, 6.07) is 21.8. The minimum absolute atomic E-state index is 0.0976. The molecule has 8 rings (SSSR count). The van der Waals surface area contributed by atoms with Crippen LogP contribution in [0.25, 0.3) is 17.0 Å². The van der Waals surface area contributed by atoms with Gasteiger partial charge in [-0.1, -0.05) is 43.2 Å². The van der Waals surface area contributed by atoms with Crippen molar-refractivity contribution < 1.29 is 38.1 Å². The number of nitro groups is 1. The highest BCUT2D eigenvalue weighted by atomic mass is 35.5. The second-order valence-electron chi connectivity index (χ2n) is 17.5. The van der Waals surface area contributed by atoms with Gasteiger partial charge in [0.25, 0.3) is 11.6 Å². The summed E-state index contributed by atoms with van der Waals surface area (Å²) in [7, 11) is -4.82. The van der Waals surface area contributed by atoms with Crippen molar-refractivity contribution in [2.45, 2.75) is 57.6 Å². The van der Waals surface area contributed by atoms with Crippen LogP contribution in [0.15, 0.2) is 95.7 Å². The number of piperazine rings is 1. The molecule has 2 fully saturated rings. The summed E-state index contributed by atoms with van der Waals surface area (Å²) in [5, 5.41) is 16.1. The number of carbonyl (C=O) groups is 1. The van der Waals surface area contributed by atoms with Gasteiger partial charge in [-0.3, -0.25) is 29.1 Å². The van der Waals surface area contributed by atoms with Crippen LogP contribution in [0.2, 0.25) is 5.02 Å². The lowest BCUT2D eigenvalue weighted by Gasteiger charge is -2.39. The van der Waals surface area contributed by atoms with Gasteiger partial charge >= 0.3 is 7.82 Å². The first-order valence-corrected chi connectivity index (χ1v) is 24.4. The van der Waals surface area contributed by atoms with E-state index in [-0.39, 0.29) is 28.2 Å². The number of hydrogen-bond acceptors (Lipinski definition) is 12. The number of fused-ring (bicyclic) bond motifs is 1. The zero-order valence-electron chi connectivity index (χ0n) is 36.3. The SMILES string of the molecule is CC1(C)CCC(CN2CCN(c3ccc(C(=O)NSc4ccc(NCC5CCOCC5)c([N+](=O)[O-])c4)c(Oc4cc5ccnc-5n(COP(=O)(O)O)c4)c3)CC2)=C(c2ccc(Cl)cc2)C1. The van der Waals surface area contributed by atoms with Crippen molar-refractivity contribution in [3.63, 3.8) is 0 Å². The predicted octanol–water partition coefficient (Wildman–Crippen LogP) is 9.47. The first-order chi connectivity index (χ1) is 31.2. The normalized spacial score (nSPS) is 17.3. The first kappa shape index (κ1) is 46.6. The number of ether oxygens (including phenoxy) is 2. The van der Waals surface area contributed by atoms with E-state index in [1.54, 1.807) is 36.5 Å². The van der Waals surface area contributed by atoms with Gasteiger partial charge in [-0.15, -0.1) is 0 Å². The Kier molecular flexibility index (Phi) is 14.5. The fourth-order valence-electron chi connectivity index (χ4n) is 8.63. The molecule has 0 spiro atoms. The molecule has 0 atom stereocenters. The van der Waals surface area contributed by atoms with Gasteiger partial charge in [0.15, 0.2) is 0 Å². The van der Waals surface area contributed by atoms with Crippen molar-refractivity contribution in [2.75, 3.05) is 62.7 Å². The number of hydrogen-bond donors (Lipinski definition) is 4. The standard InChI is InChI=1S/C46H53ClN7O9PS/c1-46(2)15-11-34(40(26-46)32-3-5-35(47)6-4-32)28-51-17-19-52(20-18-51)36-7-9-39(43(24-36)63-37-23-33-12-16-48-44(33)53(29-37)30-62-64(58,59)60)45(55)50-65-38-8-10-41(42(25-38)54(56)57)49-27-31-13-21-61-22-14-31/h3-10,12,16,23-25,29,31,49H,11,13-15,17-22,26-28,30H2,1-2H3,(H,50,55)(H2,58,59,60). The van der Waals surface area contributed by atoms with E-state index in [0.717, 1.165) is 87.5 Å². The van der Waals surface area contributed by atoms with Gasteiger partial charge in [-0.25, -0.2) is 9.55 Å². The highest BCUT2D eigenvalue weighted by Gasteiger charge is 2.30. The fourth-order valence-corrected chi connectivity index (χ4v) is 9.66. The van der Waals surface area contributed by atoms with E-state index in [1.165, 1.54) is 33.5 Å². The van der Waals surface area contributed by atoms with Gasteiger partial charge in [0.2, 0.25) is 0 Å². The zero-order valence-corrected chi connectivity index (χ0v) is 38.7. The van der Waals surface area contributed by atoms with E-state index in [9.17, 15) is 29.3 Å². The van der Waals surface area contributed by atoms with Gasteiger partial charge in [0.1, 0.15) is 29.7 Å². The summed E-state index contributed by atoms with van der Waals surface area (Å²) in [5.41, 5.74) is 6.30. The van der Waals surface area contributed by atoms with Crippen LogP contribution in [-0.2, 0) is 20.6 Å². The third kappa shape index (κ3) is 12.1. The number of phosphoric ester groups is 1. The molecular formula is C46H53ClN7O9PS. The molecule has 344 valence electrons. The lowest BCUT2D eigenvalue weighted by molar-refractivity contribution is -0.384. The molecule has 3 aromatic carbocycles. The van der Waals surface area contributed by atoms with Crippen LogP contribution >= 0.6 is 31.4 Å². The minimum Gasteiger partial charge on any atom is -0.455 e. The Morgan fingerprint density at radius 1 is 1.03 bits per heavy atom. The number of allylic oxidation sites excluding steroid dienone is 1. The second-order valence-corrected chi connectivity index (χ2v) is 20.1. The van der Waals surface area contributed by atoms with Gasteiger partial charge in [-0.05, 0) is 115 Å². The third-order valence-electron chi connectivity index (χ3n) is 12.2. The number of phosphoric acid groups is 1. The first-order valence-electron chi connectivity index (χ1n) is 21.6. The highest BCUT2D eigenvalue weighted by Crippen LogP contribution is 2.44. The highest BCUT2D eigenvalue weighted by molar-refractivity contribution is 7.98. The maximum absolute atomic E-state index is 14.0. The number of carbonyl (C=O) groups excluding carboxylic acids is 1. The maximum atomic E-state index is 14.0. The van der Waals surface area contributed by atoms with Crippen molar-refractivity contribution in [3.05, 3.63) is 117 Å².